The summed E-state index contributed by atoms with van der Waals surface area (Å²) in [5.41, 5.74) is 1.11. The molecule has 2 heterocycles. The average molecular weight is 391 g/mol. The molecule has 1 fully saturated rings. The topological polar surface area (TPSA) is 88.2 Å². The minimum atomic E-state index is -0.569. The van der Waals surface area contributed by atoms with Crippen molar-refractivity contribution < 1.29 is 28.2 Å². The van der Waals surface area contributed by atoms with E-state index in [-0.39, 0.29) is 18.0 Å². The van der Waals surface area contributed by atoms with Gasteiger partial charge in [-0.15, -0.1) is 0 Å². The molecule has 1 aromatic carbocycles. The van der Waals surface area contributed by atoms with Crippen molar-refractivity contribution in [3.8, 4) is 0 Å². The number of carbonyl (C=O) groups excluding carboxylic acids is 3. The Hall–Kier alpha value is -3.10. The average Bonchev–Trinajstić information content (AvgIpc) is 3.06. The molecular weight excluding hydrogens is 369 g/mol. The van der Waals surface area contributed by atoms with E-state index in [1.165, 1.54) is 20.1 Å². The molecule has 1 aromatic rings. The summed E-state index contributed by atoms with van der Waals surface area (Å²) in [5.74, 6) is -1.22. The number of hydrogen-bond acceptors (Lipinski definition) is 6. The Balaban J connectivity index is 1.69. The van der Waals surface area contributed by atoms with Crippen LogP contribution < -0.4 is 10.2 Å². The highest BCUT2D eigenvalue weighted by molar-refractivity contribution is 6.18. The van der Waals surface area contributed by atoms with Gasteiger partial charge in [0.05, 0.1) is 24.9 Å². The normalized spacial score (nSPS) is 19.2. The molecule has 2 aliphatic rings. The van der Waals surface area contributed by atoms with Gasteiger partial charge in [0.2, 0.25) is 5.91 Å². The number of carbonyl (C=O) groups is 3. The van der Waals surface area contributed by atoms with Crippen LogP contribution in [0.3, 0.4) is 0 Å². The third-order valence-electron chi connectivity index (χ3n) is 4.69. The lowest BCUT2D eigenvalue weighted by Crippen LogP contribution is -2.49. The van der Waals surface area contributed by atoms with Crippen molar-refractivity contribution in [3.63, 3.8) is 0 Å². The number of hydrogen-bond donors (Lipinski definition) is 1. The molecule has 0 unspecified atom stereocenters. The Morgan fingerprint density at radius 1 is 1.29 bits per heavy atom. The van der Waals surface area contributed by atoms with Gasteiger partial charge in [-0.05, 0) is 23.8 Å². The van der Waals surface area contributed by atoms with E-state index < -0.39 is 24.0 Å². The SMILES string of the molecule is COC(=O)N1CCN(c2ccc(C3=C[C@H](CNC(C)=O)OC3=O)cc2F)CC1. The molecular formula is C19H22FN3O5. The van der Waals surface area contributed by atoms with Gasteiger partial charge in [0, 0.05) is 33.1 Å². The highest BCUT2D eigenvalue weighted by Crippen LogP contribution is 2.29. The molecule has 2 amide bonds. The number of rotatable bonds is 4. The van der Waals surface area contributed by atoms with Crippen LogP contribution in [0.4, 0.5) is 14.9 Å². The fourth-order valence-corrected chi connectivity index (χ4v) is 3.24. The van der Waals surface area contributed by atoms with Gasteiger partial charge < -0.3 is 24.6 Å². The van der Waals surface area contributed by atoms with Gasteiger partial charge in [-0.1, -0.05) is 6.07 Å². The van der Waals surface area contributed by atoms with Crippen molar-refractivity contribution in [1.29, 1.82) is 0 Å². The van der Waals surface area contributed by atoms with Crippen molar-refractivity contribution in [1.82, 2.24) is 10.2 Å². The molecule has 3 rings (SSSR count). The highest BCUT2D eigenvalue weighted by atomic mass is 19.1. The van der Waals surface area contributed by atoms with Gasteiger partial charge in [-0.3, -0.25) is 4.79 Å². The summed E-state index contributed by atoms with van der Waals surface area (Å²) in [5, 5.41) is 2.58. The van der Waals surface area contributed by atoms with Crippen LogP contribution in [0.2, 0.25) is 0 Å². The van der Waals surface area contributed by atoms with E-state index >= 15 is 0 Å². The number of halogens is 1. The van der Waals surface area contributed by atoms with Gasteiger partial charge in [-0.25, -0.2) is 14.0 Å². The number of cyclic esters (lactones) is 1. The molecule has 1 N–H and O–H groups in total. The first-order valence-corrected chi connectivity index (χ1v) is 8.94. The predicted octanol–water partition coefficient (Wildman–Crippen LogP) is 1.16. The minimum Gasteiger partial charge on any atom is -0.453 e. The van der Waals surface area contributed by atoms with Crippen LogP contribution in [-0.2, 0) is 19.1 Å². The number of nitrogens with zero attached hydrogens (tertiary/aromatic N) is 2. The fourth-order valence-electron chi connectivity index (χ4n) is 3.24. The number of esters is 1. The Morgan fingerprint density at radius 2 is 2.00 bits per heavy atom. The molecule has 0 spiro atoms. The molecule has 0 aliphatic carbocycles. The Labute approximate surface area is 161 Å². The van der Waals surface area contributed by atoms with Crippen molar-refractivity contribution in [2.24, 2.45) is 0 Å². The number of nitrogens with one attached hydrogen (secondary N) is 1. The largest absolute Gasteiger partial charge is 0.453 e. The van der Waals surface area contributed by atoms with Crippen molar-refractivity contribution in [3.05, 3.63) is 35.7 Å². The number of benzene rings is 1. The van der Waals surface area contributed by atoms with Crippen molar-refractivity contribution in [2.45, 2.75) is 13.0 Å². The zero-order valence-electron chi connectivity index (χ0n) is 15.7. The molecule has 8 nitrogen and oxygen atoms in total. The van der Waals surface area contributed by atoms with Crippen LogP contribution >= 0.6 is 0 Å². The molecule has 1 atom stereocenters. The van der Waals surface area contributed by atoms with E-state index in [1.807, 2.05) is 4.90 Å². The lowest BCUT2D eigenvalue weighted by molar-refractivity contribution is -0.138. The summed E-state index contributed by atoms with van der Waals surface area (Å²) in [6, 6.07) is 4.59. The molecule has 0 bridgehead atoms. The summed E-state index contributed by atoms with van der Waals surface area (Å²) >= 11 is 0. The fraction of sp³-hybridized carbons (Fsp3) is 0.421. The molecule has 0 saturated carbocycles. The summed E-state index contributed by atoms with van der Waals surface area (Å²) in [4.78, 5) is 38.0. The molecule has 28 heavy (non-hydrogen) atoms. The maximum absolute atomic E-state index is 14.7. The van der Waals surface area contributed by atoms with E-state index in [0.29, 0.717) is 37.4 Å². The second-order valence-electron chi connectivity index (χ2n) is 6.57. The molecule has 0 radical (unpaired) electrons. The van der Waals surface area contributed by atoms with Crippen LogP contribution in [0.1, 0.15) is 12.5 Å². The maximum atomic E-state index is 14.7. The molecule has 2 aliphatic heterocycles. The molecule has 0 aromatic heterocycles. The number of amides is 2. The maximum Gasteiger partial charge on any atom is 0.409 e. The van der Waals surface area contributed by atoms with Gasteiger partial charge in [-0.2, -0.15) is 0 Å². The number of ether oxygens (including phenoxy) is 2. The summed E-state index contributed by atoms with van der Waals surface area (Å²) in [6.45, 7) is 3.40. The first kappa shape index (κ1) is 19.7. The van der Waals surface area contributed by atoms with Crippen LogP contribution in [0.25, 0.3) is 5.57 Å². The number of piperazine rings is 1. The van der Waals surface area contributed by atoms with E-state index in [0.717, 1.165) is 0 Å². The van der Waals surface area contributed by atoms with Gasteiger partial charge in [0.15, 0.2) is 0 Å². The standard InChI is InChI=1S/C19H22FN3O5/c1-12(24)21-11-14-10-15(18(25)28-14)13-3-4-17(16(20)9-13)22-5-7-23(8-6-22)19(26)27-2/h3-4,9-10,14H,5-8,11H2,1-2H3,(H,21,24)/t14-/m1/s1. The van der Waals surface area contributed by atoms with Gasteiger partial charge in [0.25, 0.3) is 0 Å². The Kier molecular flexibility index (Phi) is 5.81. The summed E-state index contributed by atoms with van der Waals surface area (Å²) in [7, 11) is 1.33. The van der Waals surface area contributed by atoms with Gasteiger partial charge >= 0.3 is 12.1 Å². The highest BCUT2D eigenvalue weighted by Gasteiger charge is 2.28. The lowest BCUT2D eigenvalue weighted by atomic mass is 10.0. The van der Waals surface area contributed by atoms with E-state index in [1.54, 1.807) is 23.1 Å². The zero-order chi connectivity index (χ0) is 20.3. The lowest BCUT2D eigenvalue weighted by Gasteiger charge is -2.35. The van der Waals surface area contributed by atoms with E-state index in [9.17, 15) is 18.8 Å². The third-order valence-corrected chi connectivity index (χ3v) is 4.69. The Bertz CT molecular complexity index is 818. The van der Waals surface area contributed by atoms with E-state index in [2.05, 4.69) is 5.32 Å². The van der Waals surface area contributed by atoms with Crippen LogP contribution in [0, 0.1) is 5.82 Å². The summed E-state index contributed by atoms with van der Waals surface area (Å²) in [6.07, 6.45) is 0.624. The smallest absolute Gasteiger partial charge is 0.409 e. The number of anilines is 1. The van der Waals surface area contributed by atoms with Crippen molar-refractivity contribution >= 4 is 29.2 Å². The van der Waals surface area contributed by atoms with Crippen LogP contribution in [-0.4, -0.2) is 68.8 Å². The quantitative estimate of drug-likeness (QED) is 0.775. The Morgan fingerprint density at radius 3 is 2.61 bits per heavy atom. The first-order valence-electron chi connectivity index (χ1n) is 8.94. The third kappa shape index (κ3) is 4.24. The predicted molar refractivity (Wildman–Crippen MR) is 99.1 cm³/mol. The van der Waals surface area contributed by atoms with Gasteiger partial charge in [0.1, 0.15) is 11.9 Å². The molecule has 1 saturated heterocycles. The monoisotopic (exact) mass is 391 g/mol. The zero-order valence-corrected chi connectivity index (χ0v) is 15.7. The second kappa shape index (κ2) is 8.28. The minimum absolute atomic E-state index is 0.176. The first-order chi connectivity index (χ1) is 13.4. The van der Waals surface area contributed by atoms with Crippen LogP contribution in [0.15, 0.2) is 24.3 Å². The number of methoxy groups -OCH3 is 1. The summed E-state index contributed by atoms with van der Waals surface area (Å²) < 4.78 is 24.6. The second-order valence-corrected chi connectivity index (χ2v) is 6.57. The molecule has 150 valence electrons. The van der Waals surface area contributed by atoms with Crippen LogP contribution in [0.5, 0.6) is 0 Å². The molecule has 9 heteroatoms. The van der Waals surface area contributed by atoms with E-state index in [4.69, 9.17) is 9.47 Å². The van der Waals surface area contributed by atoms with Crippen molar-refractivity contribution in [2.75, 3.05) is 44.7 Å².